The van der Waals surface area contributed by atoms with E-state index in [-0.39, 0.29) is 64.8 Å². The van der Waals surface area contributed by atoms with E-state index < -0.39 is 0 Å². The van der Waals surface area contributed by atoms with E-state index in [0.29, 0.717) is 25.9 Å². The van der Waals surface area contributed by atoms with Crippen molar-refractivity contribution in [3.63, 3.8) is 0 Å². The summed E-state index contributed by atoms with van der Waals surface area (Å²) in [6.07, 6.45) is 2.22. The fourth-order valence-electron chi connectivity index (χ4n) is 5.00. The molecule has 0 spiro atoms. The summed E-state index contributed by atoms with van der Waals surface area (Å²) in [5.41, 5.74) is 0. The number of nitrogens with zero attached hydrogens (tertiary/aromatic N) is 1. The second-order valence-corrected chi connectivity index (χ2v) is 9.97. The van der Waals surface area contributed by atoms with Gasteiger partial charge < -0.3 is 15.5 Å². The van der Waals surface area contributed by atoms with E-state index in [1.165, 1.54) is 0 Å². The first-order chi connectivity index (χ1) is 13.6. The van der Waals surface area contributed by atoms with Crippen LogP contribution in [0.25, 0.3) is 0 Å². The Labute approximate surface area is 180 Å². The average Bonchev–Trinajstić information content (AvgIpc) is 2.63. The van der Waals surface area contributed by atoms with Crippen molar-refractivity contribution in [3.8, 4) is 0 Å². The molecule has 1 saturated carbocycles. The lowest BCUT2D eigenvalue weighted by Gasteiger charge is -2.44. The highest BCUT2D eigenvalue weighted by molar-refractivity contribution is 6.20. The van der Waals surface area contributed by atoms with Crippen molar-refractivity contribution in [3.05, 3.63) is 0 Å². The number of rotatable bonds is 6. The van der Waals surface area contributed by atoms with E-state index in [1.807, 2.05) is 39.5 Å². The van der Waals surface area contributed by atoms with Crippen LogP contribution in [0.3, 0.4) is 0 Å². The van der Waals surface area contributed by atoms with Crippen molar-refractivity contribution in [1.82, 2.24) is 15.5 Å². The monoisotopic (exact) mass is 427 g/mol. The third kappa shape index (κ3) is 5.65. The minimum atomic E-state index is -0.258. The van der Waals surface area contributed by atoms with Crippen LogP contribution in [0.2, 0.25) is 0 Å². The van der Waals surface area contributed by atoms with Gasteiger partial charge in [0.2, 0.25) is 17.7 Å². The SMILES string of the molecule is CCN(C(=O)C(C)C)C1CC(Cl)CC(C(=O)NCC2C(=O)NC(C)CC2C)C1C. The molecule has 7 unspecified atom stereocenters. The second-order valence-electron chi connectivity index (χ2n) is 9.35. The Morgan fingerprint density at radius 1 is 1.21 bits per heavy atom. The molecule has 166 valence electrons. The van der Waals surface area contributed by atoms with E-state index in [2.05, 4.69) is 17.6 Å². The molecule has 0 aromatic heterocycles. The topological polar surface area (TPSA) is 78.5 Å². The van der Waals surface area contributed by atoms with Gasteiger partial charge in [0.15, 0.2) is 0 Å². The zero-order chi connectivity index (χ0) is 21.9. The minimum Gasteiger partial charge on any atom is -0.355 e. The van der Waals surface area contributed by atoms with Gasteiger partial charge in [-0.2, -0.15) is 0 Å². The van der Waals surface area contributed by atoms with Gasteiger partial charge in [0.25, 0.3) is 0 Å². The summed E-state index contributed by atoms with van der Waals surface area (Å²) in [6.45, 7) is 12.9. The normalized spacial score (nSPS) is 35.2. The van der Waals surface area contributed by atoms with Gasteiger partial charge in [0.05, 0.1) is 5.92 Å². The van der Waals surface area contributed by atoms with Crippen molar-refractivity contribution >= 4 is 29.3 Å². The summed E-state index contributed by atoms with van der Waals surface area (Å²) in [5, 5.41) is 5.85. The molecule has 7 atom stereocenters. The standard InChI is InChI=1S/C22H38ClN3O3/c1-7-26(22(29)12(2)3)19-10-16(23)9-17(15(19)6)20(27)24-11-18-13(4)8-14(5)25-21(18)28/h12-19H,7-11H2,1-6H3,(H,24,27)(H,25,28). The largest absolute Gasteiger partial charge is 0.355 e. The molecule has 0 bridgehead atoms. The number of piperidine rings is 1. The molecule has 2 rings (SSSR count). The zero-order valence-corrected chi connectivity index (χ0v) is 19.5. The molecule has 1 aliphatic heterocycles. The number of carbonyl (C=O) groups is 3. The molecule has 0 radical (unpaired) electrons. The molecule has 0 aromatic carbocycles. The predicted octanol–water partition coefficient (Wildman–Crippen LogP) is 2.79. The first-order valence-electron chi connectivity index (χ1n) is 11.1. The number of hydrogen-bond donors (Lipinski definition) is 2. The zero-order valence-electron chi connectivity index (χ0n) is 18.7. The lowest BCUT2D eigenvalue weighted by Crippen LogP contribution is -2.55. The fourth-order valence-corrected chi connectivity index (χ4v) is 5.37. The Bertz CT molecular complexity index is 612. The first kappa shape index (κ1) is 24.0. The van der Waals surface area contributed by atoms with Crippen LogP contribution in [0.4, 0.5) is 0 Å². The molecule has 2 N–H and O–H groups in total. The summed E-state index contributed by atoms with van der Waals surface area (Å²) in [6, 6.07) is 0.138. The van der Waals surface area contributed by atoms with E-state index >= 15 is 0 Å². The quantitative estimate of drug-likeness (QED) is 0.640. The number of nitrogens with one attached hydrogen (secondary N) is 2. The van der Waals surface area contributed by atoms with Crippen LogP contribution >= 0.6 is 11.6 Å². The number of halogens is 1. The summed E-state index contributed by atoms with van der Waals surface area (Å²) in [5.74, 6) is -0.228. The van der Waals surface area contributed by atoms with Gasteiger partial charge in [-0.3, -0.25) is 14.4 Å². The predicted molar refractivity (Wildman–Crippen MR) is 115 cm³/mol. The Kier molecular flexibility index (Phi) is 8.38. The third-order valence-corrected chi connectivity index (χ3v) is 7.09. The summed E-state index contributed by atoms with van der Waals surface area (Å²) >= 11 is 6.53. The number of carbonyl (C=O) groups excluding carboxylic acids is 3. The Hall–Kier alpha value is -1.30. The van der Waals surface area contributed by atoms with Gasteiger partial charge in [-0.05, 0) is 44.9 Å². The summed E-state index contributed by atoms with van der Waals surface area (Å²) in [4.78, 5) is 39.9. The second kappa shape index (κ2) is 10.1. The van der Waals surface area contributed by atoms with Gasteiger partial charge in [-0.1, -0.05) is 27.7 Å². The molecule has 7 heteroatoms. The molecule has 0 aromatic rings. The molecule has 6 nitrogen and oxygen atoms in total. The van der Waals surface area contributed by atoms with E-state index in [0.717, 1.165) is 6.42 Å². The Morgan fingerprint density at radius 3 is 2.41 bits per heavy atom. The molecule has 3 amide bonds. The van der Waals surface area contributed by atoms with E-state index in [1.54, 1.807) is 0 Å². The maximum absolute atomic E-state index is 13.0. The van der Waals surface area contributed by atoms with Gasteiger partial charge in [0.1, 0.15) is 0 Å². The highest BCUT2D eigenvalue weighted by Crippen LogP contribution is 2.36. The third-order valence-electron chi connectivity index (χ3n) is 6.74. The van der Waals surface area contributed by atoms with Gasteiger partial charge in [-0.15, -0.1) is 11.6 Å². The van der Waals surface area contributed by atoms with Crippen LogP contribution in [-0.4, -0.2) is 53.2 Å². The molecule has 29 heavy (non-hydrogen) atoms. The average molecular weight is 428 g/mol. The van der Waals surface area contributed by atoms with Crippen molar-refractivity contribution < 1.29 is 14.4 Å². The molecule has 1 saturated heterocycles. The van der Waals surface area contributed by atoms with Crippen molar-refractivity contribution in [2.24, 2.45) is 29.6 Å². The lowest BCUT2D eigenvalue weighted by molar-refractivity contribution is -0.142. The van der Waals surface area contributed by atoms with Crippen LogP contribution in [0.5, 0.6) is 0 Å². The molecule has 2 aliphatic rings. The molecule has 2 fully saturated rings. The first-order valence-corrected chi connectivity index (χ1v) is 11.5. The van der Waals surface area contributed by atoms with Crippen molar-refractivity contribution in [1.29, 1.82) is 0 Å². The van der Waals surface area contributed by atoms with Gasteiger partial charge in [0, 0.05) is 42.4 Å². The molecular formula is C22H38ClN3O3. The van der Waals surface area contributed by atoms with E-state index in [4.69, 9.17) is 11.6 Å². The maximum Gasteiger partial charge on any atom is 0.225 e. The van der Waals surface area contributed by atoms with Crippen LogP contribution in [-0.2, 0) is 14.4 Å². The number of alkyl halides is 1. The van der Waals surface area contributed by atoms with Crippen molar-refractivity contribution in [2.45, 2.75) is 78.3 Å². The van der Waals surface area contributed by atoms with Crippen molar-refractivity contribution in [2.75, 3.05) is 13.1 Å². The highest BCUT2D eigenvalue weighted by atomic mass is 35.5. The lowest BCUT2D eigenvalue weighted by atomic mass is 9.75. The van der Waals surface area contributed by atoms with Crippen LogP contribution in [0.1, 0.15) is 60.8 Å². The summed E-state index contributed by atoms with van der Waals surface area (Å²) in [7, 11) is 0. The van der Waals surface area contributed by atoms with Gasteiger partial charge >= 0.3 is 0 Å². The molecule has 1 aliphatic carbocycles. The Morgan fingerprint density at radius 2 is 1.86 bits per heavy atom. The van der Waals surface area contributed by atoms with Crippen LogP contribution in [0, 0.1) is 29.6 Å². The van der Waals surface area contributed by atoms with E-state index in [9.17, 15) is 14.4 Å². The molecular weight excluding hydrogens is 390 g/mol. The highest BCUT2D eigenvalue weighted by Gasteiger charge is 2.42. The molecule has 1 heterocycles. The fraction of sp³-hybridized carbons (Fsp3) is 0.864. The maximum atomic E-state index is 13.0. The van der Waals surface area contributed by atoms with Crippen LogP contribution < -0.4 is 10.6 Å². The minimum absolute atomic E-state index is 0.0148. The number of hydrogen-bond acceptors (Lipinski definition) is 3. The van der Waals surface area contributed by atoms with Crippen LogP contribution in [0.15, 0.2) is 0 Å². The summed E-state index contributed by atoms with van der Waals surface area (Å²) < 4.78 is 0. The smallest absolute Gasteiger partial charge is 0.225 e. The van der Waals surface area contributed by atoms with Gasteiger partial charge in [-0.25, -0.2) is 0 Å². The Balaban J connectivity index is 2.05. The number of amides is 3.